The van der Waals surface area contributed by atoms with Crippen LogP contribution < -0.4 is 5.32 Å². The van der Waals surface area contributed by atoms with Crippen molar-refractivity contribution < 1.29 is 27.6 Å². The lowest BCUT2D eigenvalue weighted by atomic mass is 10.2. The standard InChI is InChI=1S/C13H8BrCl2F3N4O4/c1-27-4-8(24)20-12-10(23(25)26)11(14)21-22(12)9-6(15)2-5(3-7(9)16)13(17,18)19/h2-3H,4H2,1H3,(H,20,24). The minimum atomic E-state index is -4.71. The zero-order valence-corrected chi connectivity index (χ0v) is 16.2. The van der Waals surface area contributed by atoms with E-state index in [0.29, 0.717) is 12.1 Å². The Morgan fingerprint density at radius 3 is 2.41 bits per heavy atom. The van der Waals surface area contributed by atoms with Crippen LogP contribution in [0, 0.1) is 10.1 Å². The molecular formula is C13H8BrCl2F3N4O4. The molecule has 0 radical (unpaired) electrons. The molecule has 27 heavy (non-hydrogen) atoms. The molecule has 2 aromatic rings. The first-order chi connectivity index (χ1) is 12.5. The van der Waals surface area contributed by atoms with Crippen molar-refractivity contribution in [3.8, 4) is 5.69 Å². The number of hydrogen-bond acceptors (Lipinski definition) is 5. The Labute approximate surface area is 167 Å². The number of alkyl halides is 3. The third-order valence-corrected chi connectivity index (χ3v) is 4.20. The van der Waals surface area contributed by atoms with Crippen molar-refractivity contribution in [3.05, 3.63) is 42.5 Å². The van der Waals surface area contributed by atoms with Crippen LogP contribution in [0.15, 0.2) is 16.7 Å². The lowest BCUT2D eigenvalue weighted by Gasteiger charge is -2.14. The zero-order chi connectivity index (χ0) is 20.5. The van der Waals surface area contributed by atoms with E-state index < -0.39 is 50.7 Å². The highest BCUT2D eigenvalue weighted by Crippen LogP contribution is 2.41. The normalized spacial score (nSPS) is 11.5. The summed E-state index contributed by atoms with van der Waals surface area (Å²) in [7, 11) is 1.23. The summed E-state index contributed by atoms with van der Waals surface area (Å²) in [4.78, 5) is 22.3. The molecule has 1 aromatic heterocycles. The van der Waals surface area contributed by atoms with E-state index in [-0.39, 0.29) is 10.3 Å². The summed E-state index contributed by atoms with van der Waals surface area (Å²) < 4.78 is 43.7. The molecule has 0 atom stereocenters. The first kappa shape index (κ1) is 21.4. The summed E-state index contributed by atoms with van der Waals surface area (Å²) in [6.07, 6.45) is -4.71. The van der Waals surface area contributed by atoms with Gasteiger partial charge in [0, 0.05) is 7.11 Å². The van der Waals surface area contributed by atoms with E-state index in [9.17, 15) is 28.1 Å². The Kier molecular flexibility index (Phi) is 6.35. The second kappa shape index (κ2) is 8.00. The molecule has 0 saturated carbocycles. The first-order valence-corrected chi connectivity index (χ1v) is 8.30. The third-order valence-electron chi connectivity index (χ3n) is 3.09. The number of nitrogens with one attached hydrogen (secondary N) is 1. The van der Waals surface area contributed by atoms with E-state index in [4.69, 9.17) is 23.2 Å². The molecule has 0 fully saturated rings. The number of benzene rings is 1. The van der Waals surface area contributed by atoms with Gasteiger partial charge in [-0.3, -0.25) is 14.9 Å². The summed E-state index contributed by atoms with van der Waals surface area (Å²) >= 11 is 14.7. The Morgan fingerprint density at radius 2 is 1.96 bits per heavy atom. The van der Waals surface area contributed by atoms with Crippen molar-refractivity contribution in [1.29, 1.82) is 0 Å². The number of halogens is 6. The highest BCUT2D eigenvalue weighted by Gasteiger charge is 2.34. The third kappa shape index (κ3) is 4.51. The van der Waals surface area contributed by atoms with Gasteiger partial charge in [-0.25, -0.2) is 4.68 Å². The minimum Gasteiger partial charge on any atom is -0.375 e. The smallest absolute Gasteiger partial charge is 0.375 e. The van der Waals surface area contributed by atoms with Gasteiger partial charge in [-0.15, -0.1) is 0 Å². The molecule has 0 bridgehead atoms. The lowest BCUT2D eigenvalue weighted by molar-refractivity contribution is -0.384. The van der Waals surface area contributed by atoms with Crippen molar-refractivity contribution >= 4 is 56.5 Å². The summed E-state index contributed by atoms with van der Waals surface area (Å²) in [6, 6.07) is 1.18. The van der Waals surface area contributed by atoms with Crippen LogP contribution in [-0.2, 0) is 15.7 Å². The molecule has 0 aliphatic heterocycles. The van der Waals surface area contributed by atoms with Crippen LogP contribution in [0.1, 0.15) is 5.56 Å². The summed E-state index contributed by atoms with van der Waals surface area (Å²) in [6.45, 7) is -0.436. The average Bonchev–Trinajstić information content (AvgIpc) is 2.82. The number of nitro groups is 1. The van der Waals surface area contributed by atoms with Crippen LogP contribution in [-0.4, -0.2) is 34.3 Å². The summed E-state index contributed by atoms with van der Waals surface area (Å²) in [5.41, 5.74) is -2.05. The molecular weight excluding hydrogens is 484 g/mol. The van der Waals surface area contributed by atoms with Crippen molar-refractivity contribution in [2.45, 2.75) is 6.18 Å². The molecule has 1 N–H and O–H groups in total. The quantitative estimate of drug-likeness (QED) is 0.492. The van der Waals surface area contributed by atoms with Crippen LogP contribution in [0.4, 0.5) is 24.7 Å². The van der Waals surface area contributed by atoms with Gasteiger partial charge in [-0.2, -0.15) is 18.3 Å². The van der Waals surface area contributed by atoms with Crippen molar-refractivity contribution in [2.75, 3.05) is 19.0 Å². The highest BCUT2D eigenvalue weighted by molar-refractivity contribution is 9.10. The van der Waals surface area contributed by atoms with E-state index in [0.717, 1.165) is 4.68 Å². The van der Waals surface area contributed by atoms with E-state index >= 15 is 0 Å². The van der Waals surface area contributed by atoms with Gasteiger partial charge in [0.1, 0.15) is 12.3 Å². The largest absolute Gasteiger partial charge is 0.416 e. The van der Waals surface area contributed by atoms with Crippen molar-refractivity contribution in [2.24, 2.45) is 0 Å². The van der Waals surface area contributed by atoms with Crippen molar-refractivity contribution in [1.82, 2.24) is 9.78 Å². The molecule has 0 aliphatic carbocycles. The number of methoxy groups -OCH3 is 1. The Morgan fingerprint density at radius 1 is 1.41 bits per heavy atom. The van der Waals surface area contributed by atoms with Gasteiger partial charge in [0.25, 0.3) is 5.91 Å². The maximum absolute atomic E-state index is 12.9. The topological polar surface area (TPSA) is 99.3 Å². The number of anilines is 1. The fraction of sp³-hybridized carbons (Fsp3) is 0.231. The molecule has 14 heteroatoms. The minimum absolute atomic E-state index is 0.284. The molecule has 0 unspecified atom stereocenters. The van der Waals surface area contributed by atoms with E-state index in [1.165, 1.54) is 7.11 Å². The number of aromatic nitrogens is 2. The fourth-order valence-electron chi connectivity index (χ4n) is 2.05. The number of carbonyl (C=O) groups excluding carboxylic acids is 1. The molecule has 146 valence electrons. The van der Waals surface area contributed by atoms with Gasteiger partial charge in [0.05, 0.1) is 20.5 Å². The first-order valence-electron chi connectivity index (χ1n) is 6.75. The van der Waals surface area contributed by atoms with E-state index in [2.05, 4.69) is 31.1 Å². The lowest BCUT2D eigenvalue weighted by Crippen LogP contribution is -2.20. The highest BCUT2D eigenvalue weighted by atomic mass is 79.9. The zero-order valence-electron chi connectivity index (χ0n) is 13.1. The van der Waals surface area contributed by atoms with Gasteiger partial charge in [0.15, 0.2) is 0 Å². The number of carbonyl (C=O) groups is 1. The molecule has 1 heterocycles. The van der Waals surface area contributed by atoms with Crippen LogP contribution >= 0.6 is 39.1 Å². The predicted octanol–water partition coefficient (Wildman–Crippen LogP) is 4.45. The monoisotopic (exact) mass is 490 g/mol. The van der Waals surface area contributed by atoms with Gasteiger partial charge < -0.3 is 10.1 Å². The Hall–Kier alpha value is -1.89. The Balaban J connectivity index is 2.70. The van der Waals surface area contributed by atoms with Gasteiger partial charge >= 0.3 is 11.9 Å². The molecule has 0 spiro atoms. The molecule has 2 rings (SSSR count). The Bertz CT molecular complexity index is 897. The molecule has 1 aromatic carbocycles. The molecule has 8 nitrogen and oxygen atoms in total. The molecule has 1 amide bonds. The molecule has 0 aliphatic rings. The number of rotatable bonds is 5. The summed E-state index contributed by atoms with van der Waals surface area (Å²) in [5.74, 6) is -1.23. The van der Waals surface area contributed by atoms with Crippen LogP contribution in [0.5, 0.6) is 0 Å². The predicted molar refractivity (Wildman–Crippen MR) is 93.4 cm³/mol. The maximum atomic E-state index is 12.9. The number of nitrogens with zero attached hydrogens (tertiary/aromatic N) is 3. The fourth-order valence-corrected chi connectivity index (χ4v) is 3.19. The van der Waals surface area contributed by atoms with Crippen LogP contribution in [0.3, 0.4) is 0 Å². The van der Waals surface area contributed by atoms with E-state index in [1.807, 2.05) is 0 Å². The SMILES string of the molecule is COCC(=O)Nc1c([N+](=O)[O-])c(Br)nn1-c1c(Cl)cc(C(F)(F)F)cc1Cl. The number of hydrogen-bond donors (Lipinski definition) is 1. The van der Waals surface area contributed by atoms with Crippen LogP contribution in [0.25, 0.3) is 5.69 Å². The van der Waals surface area contributed by atoms with Crippen molar-refractivity contribution in [3.63, 3.8) is 0 Å². The van der Waals surface area contributed by atoms with Gasteiger partial charge in [0.2, 0.25) is 10.4 Å². The average molecular weight is 492 g/mol. The number of amides is 1. The maximum Gasteiger partial charge on any atom is 0.416 e. The van der Waals surface area contributed by atoms with Gasteiger partial charge in [-0.1, -0.05) is 23.2 Å². The summed E-state index contributed by atoms with van der Waals surface area (Å²) in [5, 5.41) is 16.4. The van der Waals surface area contributed by atoms with Crippen LogP contribution in [0.2, 0.25) is 10.0 Å². The number of ether oxygens (including phenoxy) is 1. The van der Waals surface area contributed by atoms with Gasteiger partial charge in [-0.05, 0) is 28.1 Å². The molecule has 0 saturated heterocycles. The van der Waals surface area contributed by atoms with E-state index in [1.54, 1.807) is 0 Å². The second-order valence-corrected chi connectivity index (χ2v) is 6.49. The second-order valence-electron chi connectivity index (χ2n) is 4.92.